The molecule has 2 amide bonds. The number of amides is 2. The molecule has 1 heterocycles. The molecule has 114 valence electrons. The molecule has 0 aliphatic heterocycles. The predicted molar refractivity (Wildman–Crippen MR) is 87.3 cm³/mol. The van der Waals surface area contributed by atoms with Gasteiger partial charge in [-0.25, -0.2) is 0 Å². The monoisotopic (exact) mass is 314 g/mol. The van der Waals surface area contributed by atoms with Gasteiger partial charge in [0, 0.05) is 11.9 Å². The van der Waals surface area contributed by atoms with Crippen LogP contribution in [0.5, 0.6) is 0 Å². The second kappa shape index (κ2) is 6.32. The van der Waals surface area contributed by atoms with Crippen molar-refractivity contribution in [2.45, 2.75) is 25.2 Å². The van der Waals surface area contributed by atoms with Gasteiger partial charge in [0.15, 0.2) is 0 Å². The largest absolute Gasteiger partial charge is 0.366 e. The minimum Gasteiger partial charge on any atom is -0.366 e. The number of rotatable bonds is 5. The number of hydrogen-bond acceptors (Lipinski definition) is 3. The molecule has 0 fully saturated rings. The van der Waals surface area contributed by atoms with E-state index in [1.54, 1.807) is 11.4 Å². The molecule has 0 radical (unpaired) electrons. The van der Waals surface area contributed by atoms with Crippen molar-refractivity contribution in [3.05, 3.63) is 57.3 Å². The first-order valence-electron chi connectivity index (χ1n) is 7.39. The van der Waals surface area contributed by atoms with E-state index >= 15 is 0 Å². The summed E-state index contributed by atoms with van der Waals surface area (Å²) in [4.78, 5) is 23.6. The number of nitrogens with two attached hydrogens (primary N) is 1. The van der Waals surface area contributed by atoms with E-state index in [1.807, 2.05) is 0 Å². The van der Waals surface area contributed by atoms with Crippen LogP contribution >= 0.6 is 11.3 Å². The number of thiophene rings is 1. The zero-order chi connectivity index (χ0) is 15.5. The summed E-state index contributed by atoms with van der Waals surface area (Å²) in [6, 6.07) is 10.1. The number of carbonyl (C=O) groups is 2. The lowest BCUT2D eigenvalue weighted by Gasteiger charge is -2.11. The van der Waals surface area contributed by atoms with Crippen molar-refractivity contribution >= 4 is 23.2 Å². The van der Waals surface area contributed by atoms with Crippen molar-refractivity contribution in [3.63, 3.8) is 0 Å². The quantitative estimate of drug-likeness (QED) is 0.890. The number of fused-ring (bicyclic) bond motifs is 1. The highest BCUT2D eigenvalue weighted by atomic mass is 32.1. The Bertz CT molecular complexity index is 708. The summed E-state index contributed by atoms with van der Waals surface area (Å²) in [5.41, 5.74) is 8.43. The number of hydrogen-bond donors (Lipinski definition) is 2. The van der Waals surface area contributed by atoms with Crippen molar-refractivity contribution in [1.82, 2.24) is 5.32 Å². The third kappa shape index (κ3) is 3.04. The fourth-order valence-electron chi connectivity index (χ4n) is 2.98. The smallest absolute Gasteiger partial charge is 0.261 e. The van der Waals surface area contributed by atoms with Crippen LogP contribution in [0.15, 0.2) is 35.7 Å². The molecule has 0 saturated heterocycles. The van der Waals surface area contributed by atoms with Crippen LogP contribution in [0.4, 0.5) is 0 Å². The van der Waals surface area contributed by atoms with Crippen LogP contribution in [-0.2, 0) is 6.42 Å². The average molecular weight is 314 g/mol. The maximum atomic E-state index is 12.0. The Labute approximate surface area is 133 Å². The Morgan fingerprint density at radius 3 is 2.91 bits per heavy atom. The van der Waals surface area contributed by atoms with Gasteiger partial charge < -0.3 is 11.1 Å². The second-order valence-corrected chi connectivity index (χ2v) is 6.45. The average Bonchev–Trinajstić information content (AvgIpc) is 3.14. The fourth-order valence-corrected chi connectivity index (χ4v) is 3.79. The number of primary amides is 1. The van der Waals surface area contributed by atoms with Gasteiger partial charge in [-0.1, -0.05) is 24.3 Å². The molecule has 22 heavy (non-hydrogen) atoms. The number of carbonyl (C=O) groups excluding carboxylic acids is 2. The van der Waals surface area contributed by atoms with Crippen LogP contribution in [0.3, 0.4) is 0 Å². The lowest BCUT2D eigenvalue weighted by atomic mass is 9.98. The van der Waals surface area contributed by atoms with Crippen LogP contribution in [0.1, 0.15) is 49.9 Å². The van der Waals surface area contributed by atoms with Crippen molar-refractivity contribution in [2.75, 3.05) is 6.54 Å². The van der Waals surface area contributed by atoms with Gasteiger partial charge in [0.2, 0.25) is 5.91 Å². The van der Waals surface area contributed by atoms with Crippen LogP contribution in [0.25, 0.3) is 0 Å². The van der Waals surface area contributed by atoms with Gasteiger partial charge in [-0.3, -0.25) is 9.59 Å². The van der Waals surface area contributed by atoms with Crippen molar-refractivity contribution in [3.8, 4) is 0 Å². The molecular weight excluding hydrogens is 296 g/mol. The number of aryl methyl sites for hydroxylation is 1. The van der Waals surface area contributed by atoms with Crippen LogP contribution in [0.2, 0.25) is 0 Å². The van der Waals surface area contributed by atoms with Crippen molar-refractivity contribution < 1.29 is 9.59 Å². The SMILES string of the molecule is NC(=O)c1csc(C(=O)NCC[C@H]2CCc3ccccc32)c1. The third-order valence-corrected chi connectivity index (χ3v) is 5.07. The van der Waals surface area contributed by atoms with Gasteiger partial charge in [0.05, 0.1) is 10.4 Å². The Morgan fingerprint density at radius 1 is 1.32 bits per heavy atom. The van der Waals surface area contributed by atoms with Crippen LogP contribution in [-0.4, -0.2) is 18.4 Å². The highest BCUT2D eigenvalue weighted by Gasteiger charge is 2.21. The molecule has 1 aliphatic rings. The van der Waals surface area contributed by atoms with Crippen molar-refractivity contribution in [1.29, 1.82) is 0 Å². The molecule has 1 aromatic heterocycles. The van der Waals surface area contributed by atoms with E-state index < -0.39 is 5.91 Å². The molecular formula is C17H18N2O2S. The molecule has 1 aromatic carbocycles. The number of benzene rings is 1. The minimum atomic E-state index is -0.502. The summed E-state index contributed by atoms with van der Waals surface area (Å²) < 4.78 is 0. The predicted octanol–water partition coefficient (Wildman–Crippen LogP) is 2.70. The molecule has 3 N–H and O–H groups in total. The molecule has 5 heteroatoms. The molecule has 0 unspecified atom stereocenters. The maximum Gasteiger partial charge on any atom is 0.261 e. The summed E-state index contributed by atoms with van der Waals surface area (Å²) in [5, 5.41) is 4.54. The first-order valence-corrected chi connectivity index (χ1v) is 8.27. The van der Waals surface area contributed by atoms with Crippen molar-refractivity contribution in [2.24, 2.45) is 5.73 Å². The Hall–Kier alpha value is -2.14. The molecule has 0 saturated carbocycles. The zero-order valence-electron chi connectivity index (χ0n) is 12.2. The summed E-state index contributed by atoms with van der Waals surface area (Å²) in [5.74, 6) is -0.109. The van der Waals surface area contributed by atoms with E-state index in [9.17, 15) is 9.59 Å². The minimum absolute atomic E-state index is 0.135. The van der Waals surface area contributed by atoms with Crippen LogP contribution in [0, 0.1) is 0 Å². The standard InChI is InChI=1S/C17H18N2O2S/c18-16(20)13-9-15(22-10-13)17(21)19-8-7-12-6-5-11-3-1-2-4-14(11)12/h1-4,9-10,12H,5-8H2,(H2,18,20)(H,19,21)/t12-/m1/s1. The summed E-state index contributed by atoms with van der Waals surface area (Å²) in [6.07, 6.45) is 3.22. The Morgan fingerprint density at radius 2 is 2.14 bits per heavy atom. The molecule has 4 nitrogen and oxygen atoms in total. The topological polar surface area (TPSA) is 72.2 Å². The van der Waals surface area contributed by atoms with Gasteiger partial charge >= 0.3 is 0 Å². The zero-order valence-corrected chi connectivity index (χ0v) is 13.0. The van der Waals surface area contributed by atoms with E-state index in [1.165, 1.54) is 22.5 Å². The van der Waals surface area contributed by atoms with E-state index in [4.69, 9.17) is 5.73 Å². The summed E-state index contributed by atoms with van der Waals surface area (Å²) >= 11 is 1.24. The first kappa shape index (κ1) is 14.8. The van der Waals surface area contributed by atoms with Gasteiger partial charge in [-0.2, -0.15) is 0 Å². The summed E-state index contributed by atoms with van der Waals surface area (Å²) in [6.45, 7) is 0.641. The third-order valence-electron chi connectivity index (χ3n) is 4.14. The summed E-state index contributed by atoms with van der Waals surface area (Å²) in [7, 11) is 0. The molecule has 1 aliphatic carbocycles. The first-order chi connectivity index (χ1) is 10.6. The van der Waals surface area contributed by atoms with E-state index in [0.29, 0.717) is 22.9 Å². The molecule has 0 bridgehead atoms. The molecule has 1 atom stereocenters. The van der Waals surface area contributed by atoms with Gasteiger partial charge in [0.1, 0.15) is 0 Å². The molecule has 2 aromatic rings. The highest BCUT2D eigenvalue weighted by Crippen LogP contribution is 2.34. The van der Waals surface area contributed by atoms with Gasteiger partial charge in [-0.15, -0.1) is 11.3 Å². The molecule has 0 spiro atoms. The normalized spacial score (nSPS) is 16.3. The molecule has 3 rings (SSSR count). The van der Waals surface area contributed by atoms with E-state index in [2.05, 4.69) is 29.6 Å². The highest BCUT2D eigenvalue weighted by molar-refractivity contribution is 7.12. The lowest BCUT2D eigenvalue weighted by Crippen LogP contribution is -2.24. The van der Waals surface area contributed by atoms with E-state index in [-0.39, 0.29) is 5.91 Å². The maximum absolute atomic E-state index is 12.0. The lowest BCUT2D eigenvalue weighted by molar-refractivity contribution is 0.0956. The van der Waals surface area contributed by atoms with Crippen LogP contribution < -0.4 is 11.1 Å². The Kier molecular flexibility index (Phi) is 4.24. The Balaban J connectivity index is 1.53. The fraction of sp³-hybridized carbons (Fsp3) is 0.294. The number of nitrogens with one attached hydrogen (secondary N) is 1. The second-order valence-electron chi connectivity index (χ2n) is 5.54. The van der Waals surface area contributed by atoms with Gasteiger partial charge in [-0.05, 0) is 42.4 Å². The van der Waals surface area contributed by atoms with Gasteiger partial charge in [0.25, 0.3) is 5.91 Å². The van der Waals surface area contributed by atoms with E-state index in [0.717, 1.165) is 19.3 Å².